The highest BCUT2D eigenvalue weighted by Crippen LogP contribution is 2.26. The summed E-state index contributed by atoms with van der Waals surface area (Å²) in [5.74, 6) is 0. The summed E-state index contributed by atoms with van der Waals surface area (Å²) in [6.07, 6.45) is 0. The normalized spacial score (nSPS) is 11.9. The molecule has 0 radical (unpaired) electrons. The Bertz CT molecular complexity index is 1340. The Hall–Kier alpha value is -3.64. The first-order valence-corrected chi connectivity index (χ1v) is 9.74. The van der Waals surface area contributed by atoms with Gasteiger partial charge < -0.3 is 5.32 Å². The maximum atomic E-state index is 13.4. The monoisotopic (exact) mass is 418 g/mol. The van der Waals surface area contributed by atoms with E-state index in [1.165, 1.54) is 6.07 Å². The van der Waals surface area contributed by atoms with Gasteiger partial charge in [-0.1, -0.05) is 48.5 Å². The molecule has 2 heterocycles. The van der Waals surface area contributed by atoms with Crippen molar-refractivity contribution in [3.8, 4) is 5.69 Å². The van der Waals surface area contributed by atoms with Crippen LogP contribution < -0.4 is 16.4 Å². The molecule has 0 aliphatic carbocycles. The van der Waals surface area contributed by atoms with Crippen LogP contribution in [-0.2, 0) is 0 Å². The van der Waals surface area contributed by atoms with Crippen LogP contribution in [0.3, 0.4) is 0 Å². The van der Waals surface area contributed by atoms with Gasteiger partial charge in [0.1, 0.15) is 5.69 Å². The summed E-state index contributed by atoms with van der Waals surface area (Å²) in [5, 5.41) is 11.3. The number of nitrogens with zero attached hydrogens (tertiary/aromatic N) is 2. The van der Waals surface area contributed by atoms with Crippen LogP contribution in [0.2, 0.25) is 5.02 Å². The average molecular weight is 419 g/mol. The fourth-order valence-electron chi connectivity index (χ4n) is 3.42. The second-order valence-corrected chi connectivity index (χ2v) is 7.31. The predicted octanol–water partition coefficient (Wildman–Crippen LogP) is 4.05. The minimum atomic E-state index is -0.289. The van der Waals surface area contributed by atoms with Crippen molar-refractivity contribution < 1.29 is 0 Å². The minimum Gasteiger partial charge on any atom is -0.376 e. The topological polar surface area (TPSA) is 79.8 Å². The van der Waals surface area contributed by atoms with Gasteiger partial charge in [-0.2, -0.15) is 5.10 Å². The van der Waals surface area contributed by atoms with E-state index in [9.17, 15) is 9.59 Å². The van der Waals surface area contributed by atoms with E-state index in [4.69, 9.17) is 11.6 Å². The van der Waals surface area contributed by atoms with Crippen molar-refractivity contribution in [2.45, 2.75) is 13.0 Å². The number of aromatic amines is 1. The number of pyridine rings is 1. The van der Waals surface area contributed by atoms with E-state index in [0.29, 0.717) is 21.8 Å². The third-order valence-electron chi connectivity index (χ3n) is 4.86. The zero-order chi connectivity index (χ0) is 21.3. The zero-order valence-electron chi connectivity index (χ0n) is 16.2. The number of nitrogens with one attached hydrogen (secondary N) is 2. The average Bonchev–Trinajstić information content (AvgIpc) is 2.74. The maximum Gasteiger partial charge on any atom is 0.264 e. The standard InChI is InChI=1S/C23H19ClN4O2/c1-14(19-11-12-21(29)27-26-19)25-15(2)20-13-16-7-6-10-18(24)22(16)23(30)28(20)17-8-4-3-5-9-17/h3-13,15,25H,1H2,2H3,(H,27,29)/t15-/m0/s1. The van der Waals surface area contributed by atoms with Gasteiger partial charge in [0.25, 0.3) is 11.1 Å². The lowest BCUT2D eigenvalue weighted by molar-refractivity contribution is 0.649. The van der Waals surface area contributed by atoms with Crippen LogP contribution in [0.4, 0.5) is 0 Å². The molecule has 0 bridgehead atoms. The Morgan fingerprint density at radius 3 is 2.57 bits per heavy atom. The highest BCUT2D eigenvalue weighted by molar-refractivity contribution is 6.35. The summed E-state index contributed by atoms with van der Waals surface area (Å²) in [6.45, 7) is 5.95. The summed E-state index contributed by atoms with van der Waals surface area (Å²) >= 11 is 6.35. The molecule has 6 nitrogen and oxygen atoms in total. The predicted molar refractivity (Wildman–Crippen MR) is 120 cm³/mol. The van der Waals surface area contributed by atoms with Gasteiger partial charge in [0.05, 0.1) is 22.1 Å². The molecule has 1 atom stereocenters. The molecule has 0 spiro atoms. The lowest BCUT2D eigenvalue weighted by atomic mass is 10.1. The molecule has 150 valence electrons. The van der Waals surface area contributed by atoms with Gasteiger partial charge in [-0.15, -0.1) is 0 Å². The van der Waals surface area contributed by atoms with Crippen molar-refractivity contribution in [3.05, 3.63) is 110 Å². The molecule has 0 unspecified atom stereocenters. The Morgan fingerprint density at radius 1 is 1.10 bits per heavy atom. The van der Waals surface area contributed by atoms with Crippen molar-refractivity contribution >= 4 is 28.1 Å². The fraction of sp³-hybridized carbons (Fsp3) is 0.0870. The van der Waals surface area contributed by atoms with Crippen LogP contribution in [0.15, 0.2) is 82.9 Å². The molecule has 2 aromatic carbocycles. The van der Waals surface area contributed by atoms with Gasteiger partial charge in [0, 0.05) is 17.4 Å². The molecule has 4 rings (SSSR count). The van der Waals surface area contributed by atoms with Crippen molar-refractivity contribution in [2.75, 3.05) is 0 Å². The smallest absolute Gasteiger partial charge is 0.264 e. The number of aromatic nitrogens is 3. The van der Waals surface area contributed by atoms with Crippen molar-refractivity contribution in [1.82, 2.24) is 20.1 Å². The van der Waals surface area contributed by atoms with Crippen LogP contribution in [0, 0.1) is 0 Å². The number of benzene rings is 2. The largest absolute Gasteiger partial charge is 0.376 e. The van der Waals surface area contributed by atoms with E-state index >= 15 is 0 Å². The lowest BCUT2D eigenvalue weighted by Crippen LogP contribution is -2.28. The first-order chi connectivity index (χ1) is 14.5. The summed E-state index contributed by atoms with van der Waals surface area (Å²) in [7, 11) is 0. The lowest BCUT2D eigenvalue weighted by Gasteiger charge is -2.22. The summed E-state index contributed by atoms with van der Waals surface area (Å²) in [5.41, 5.74) is 2.04. The van der Waals surface area contributed by atoms with Crippen molar-refractivity contribution in [1.29, 1.82) is 0 Å². The van der Waals surface area contributed by atoms with E-state index in [2.05, 4.69) is 22.1 Å². The third-order valence-corrected chi connectivity index (χ3v) is 5.18. The van der Waals surface area contributed by atoms with Gasteiger partial charge in [0.15, 0.2) is 0 Å². The molecular formula is C23H19ClN4O2. The molecule has 0 aliphatic rings. The second kappa shape index (κ2) is 8.00. The maximum absolute atomic E-state index is 13.4. The van der Waals surface area contributed by atoms with E-state index < -0.39 is 0 Å². The number of para-hydroxylation sites is 1. The summed E-state index contributed by atoms with van der Waals surface area (Å²) in [4.78, 5) is 24.7. The quantitative estimate of drug-likeness (QED) is 0.512. The fourth-order valence-corrected chi connectivity index (χ4v) is 3.69. The third kappa shape index (κ3) is 3.65. The van der Waals surface area contributed by atoms with Gasteiger partial charge in [0.2, 0.25) is 0 Å². The number of hydrogen-bond acceptors (Lipinski definition) is 4. The minimum absolute atomic E-state index is 0.194. The molecule has 30 heavy (non-hydrogen) atoms. The first kappa shape index (κ1) is 19.7. The van der Waals surface area contributed by atoms with Crippen LogP contribution in [0.25, 0.3) is 22.2 Å². The number of rotatable bonds is 5. The molecule has 0 fully saturated rings. The van der Waals surface area contributed by atoms with Gasteiger partial charge in [-0.3, -0.25) is 14.2 Å². The van der Waals surface area contributed by atoms with Gasteiger partial charge >= 0.3 is 0 Å². The first-order valence-electron chi connectivity index (χ1n) is 9.37. The number of hydrogen-bond donors (Lipinski definition) is 2. The molecule has 2 N–H and O–H groups in total. The second-order valence-electron chi connectivity index (χ2n) is 6.90. The SMILES string of the molecule is C=C(N[C@@H](C)c1cc2cccc(Cl)c2c(=O)n1-c1ccccc1)c1ccc(=O)[nH]n1. The molecule has 7 heteroatoms. The molecule has 2 aromatic heterocycles. The zero-order valence-corrected chi connectivity index (χ0v) is 17.0. The van der Waals surface area contributed by atoms with Gasteiger partial charge in [-0.25, -0.2) is 5.10 Å². The van der Waals surface area contributed by atoms with E-state index in [-0.39, 0.29) is 17.2 Å². The number of fused-ring (bicyclic) bond motifs is 1. The highest BCUT2D eigenvalue weighted by Gasteiger charge is 2.18. The van der Waals surface area contributed by atoms with E-state index in [1.54, 1.807) is 16.7 Å². The molecule has 0 saturated carbocycles. The Kier molecular flexibility index (Phi) is 5.25. The molecule has 0 aliphatic heterocycles. The Balaban J connectivity index is 1.84. The van der Waals surface area contributed by atoms with Gasteiger partial charge in [-0.05, 0) is 42.6 Å². The number of halogens is 1. The van der Waals surface area contributed by atoms with E-state index in [1.807, 2.05) is 55.5 Å². The highest BCUT2D eigenvalue weighted by atomic mass is 35.5. The molecule has 0 saturated heterocycles. The van der Waals surface area contributed by atoms with Crippen molar-refractivity contribution in [2.24, 2.45) is 0 Å². The van der Waals surface area contributed by atoms with Crippen LogP contribution in [0.1, 0.15) is 24.4 Å². The Morgan fingerprint density at radius 2 is 1.87 bits per heavy atom. The molecular weight excluding hydrogens is 400 g/mol. The summed E-state index contributed by atoms with van der Waals surface area (Å²) in [6, 6.07) is 19.4. The summed E-state index contributed by atoms with van der Waals surface area (Å²) < 4.78 is 1.65. The molecule has 4 aromatic rings. The number of H-pyrrole nitrogens is 1. The van der Waals surface area contributed by atoms with Crippen molar-refractivity contribution in [3.63, 3.8) is 0 Å². The van der Waals surface area contributed by atoms with E-state index in [0.717, 1.165) is 16.8 Å². The van der Waals surface area contributed by atoms with Crippen LogP contribution in [-0.4, -0.2) is 14.8 Å². The molecule has 0 amide bonds. The van der Waals surface area contributed by atoms with Crippen LogP contribution in [0.5, 0.6) is 0 Å². The Labute approximate surface area is 177 Å². The van der Waals surface area contributed by atoms with Crippen LogP contribution >= 0.6 is 11.6 Å².